The molecule has 0 fully saturated rings. The zero-order valence-corrected chi connectivity index (χ0v) is 6.30. The third-order valence-corrected chi connectivity index (χ3v) is 2.26. The first-order valence-electron chi connectivity index (χ1n) is 2.36. The topological polar surface area (TPSA) is 12.9 Å². The molecule has 0 saturated heterocycles. The van der Waals surface area contributed by atoms with Crippen LogP contribution in [0.5, 0.6) is 0 Å². The summed E-state index contributed by atoms with van der Waals surface area (Å²) in [5.41, 5.74) is 1.10. The molecular formula is C5H7NS2. The van der Waals surface area contributed by atoms with E-state index in [1.165, 1.54) is 16.4 Å². The number of hydrogen-bond acceptors (Lipinski definition) is 3. The molecule has 44 valence electrons. The van der Waals surface area contributed by atoms with Crippen LogP contribution in [0.15, 0.2) is 6.07 Å². The molecular weight excluding hydrogens is 138 g/mol. The number of nitrogens with zero attached hydrogens (tertiary/aromatic N) is 1. The van der Waals surface area contributed by atoms with Crippen molar-refractivity contribution in [2.45, 2.75) is 12.7 Å². The van der Waals surface area contributed by atoms with Crippen LogP contribution in [0.25, 0.3) is 0 Å². The molecule has 0 N–H and O–H groups in total. The Morgan fingerprint density at radius 1 is 1.88 bits per heavy atom. The quantitative estimate of drug-likeness (QED) is 0.595. The second kappa shape index (κ2) is 2.51. The number of aromatic nitrogens is 1. The Bertz CT molecular complexity index is 171. The summed E-state index contributed by atoms with van der Waals surface area (Å²) in [5.74, 6) is 0.811. The van der Waals surface area contributed by atoms with E-state index in [-0.39, 0.29) is 0 Å². The molecule has 1 heterocycles. The van der Waals surface area contributed by atoms with E-state index in [0.29, 0.717) is 0 Å². The van der Waals surface area contributed by atoms with Crippen LogP contribution in [-0.2, 0) is 5.75 Å². The maximum atomic E-state index is 4.09. The highest BCUT2D eigenvalue weighted by Gasteiger charge is 1.91. The molecule has 0 bridgehead atoms. The van der Waals surface area contributed by atoms with E-state index in [1.807, 2.05) is 6.92 Å². The van der Waals surface area contributed by atoms with Gasteiger partial charge in [0.1, 0.15) is 0 Å². The standard InChI is InChI=1S/C5H7NS2/c1-4-2-5(3-7)8-6-4/h2,7H,3H2,1H3. The molecule has 1 aromatic rings. The van der Waals surface area contributed by atoms with Gasteiger partial charge in [-0.25, -0.2) is 0 Å². The lowest BCUT2D eigenvalue weighted by molar-refractivity contribution is 1.34. The van der Waals surface area contributed by atoms with Gasteiger partial charge in [-0.1, -0.05) is 0 Å². The third kappa shape index (κ3) is 1.23. The molecule has 0 radical (unpaired) electrons. The highest BCUT2D eigenvalue weighted by molar-refractivity contribution is 7.79. The first kappa shape index (κ1) is 6.11. The van der Waals surface area contributed by atoms with Gasteiger partial charge in [-0.2, -0.15) is 17.0 Å². The molecule has 0 unspecified atom stereocenters. The number of hydrogen-bond donors (Lipinski definition) is 1. The van der Waals surface area contributed by atoms with Gasteiger partial charge in [0, 0.05) is 10.6 Å². The second-order valence-corrected chi connectivity index (χ2v) is 2.80. The molecule has 8 heavy (non-hydrogen) atoms. The van der Waals surface area contributed by atoms with Gasteiger partial charge in [-0.05, 0) is 24.5 Å². The summed E-state index contributed by atoms with van der Waals surface area (Å²) in [7, 11) is 0. The minimum Gasteiger partial charge on any atom is -0.198 e. The highest BCUT2D eigenvalue weighted by atomic mass is 32.1. The summed E-state index contributed by atoms with van der Waals surface area (Å²) in [4.78, 5) is 1.24. The summed E-state index contributed by atoms with van der Waals surface area (Å²) >= 11 is 5.62. The minimum atomic E-state index is 0.811. The van der Waals surface area contributed by atoms with Gasteiger partial charge in [0.05, 0.1) is 5.69 Å². The van der Waals surface area contributed by atoms with Crippen molar-refractivity contribution in [1.29, 1.82) is 0 Å². The summed E-state index contributed by atoms with van der Waals surface area (Å²) in [6, 6.07) is 2.05. The Morgan fingerprint density at radius 3 is 2.88 bits per heavy atom. The van der Waals surface area contributed by atoms with Crippen LogP contribution in [-0.4, -0.2) is 4.37 Å². The van der Waals surface area contributed by atoms with Crippen LogP contribution in [0.4, 0.5) is 0 Å². The molecule has 3 heteroatoms. The van der Waals surface area contributed by atoms with E-state index in [2.05, 4.69) is 23.1 Å². The fourth-order valence-corrected chi connectivity index (χ4v) is 1.35. The number of aryl methyl sites for hydroxylation is 1. The number of rotatable bonds is 1. The summed E-state index contributed by atoms with van der Waals surface area (Å²) < 4.78 is 4.08. The fourth-order valence-electron chi connectivity index (χ4n) is 0.491. The molecule has 1 rings (SSSR count). The van der Waals surface area contributed by atoms with E-state index < -0.39 is 0 Å². The maximum Gasteiger partial charge on any atom is 0.0514 e. The van der Waals surface area contributed by atoms with Crippen molar-refractivity contribution in [3.05, 3.63) is 16.6 Å². The summed E-state index contributed by atoms with van der Waals surface area (Å²) in [6.45, 7) is 1.99. The molecule has 0 amide bonds. The Hall–Kier alpha value is -0.0200. The summed E-state index contributed by atoms with van der Waals surface area (Å²) in [6.07, 6.45) is 0. The van der Waals surface area contributed by atoms with E-state index in [4.69, 9.17) is 0 Å². The van der Waals surface area contributed by atoms with E-state index in [9.17, 15) is 0 Å². The summed E-state index contributed by atoms with van der Waals surface area (Å²) in [5, 5.41) is 0. The SMILES string of the molecule is Cc1cc(CS)sn1. The normalized spacial score (nSPS) is 9.75. The Morgan fingerprint density at radius 2 is 2.62 bits per heavy atom. The van der Waals surface area contributed by atoms with Crippen molar-refractivity contribution >= 4 is 24.2 Å². The molecule has 0 spiro atoms. The van der Waals surface area contributed by atoms with Crippen LogP contribution in [0.2, 0.25) is 0 Å². The monoisotopic (exact) mass is 145 g/mol. The van der Waals surface area contributed by atoms with Gasteiger partial charge >= 0.3 is 0 Å². The lowest BCUT2D eigenvalue weighted by Crippen LogP contribution is -1.63. The van der Waals surface area contributed by atoms with Crippen molar-refractivity contribution in [3.63, 3.8) is 0 Å². The van der Waals surface area contributed by atoms with Crippen molar-refractivity contribution in [3.8, 4) is 0 Å². The van der Waals surface area contributed by atoms with Gasteiger partial charge in [-0.3, -0.25) is 0 Å². The van der Waals surface area contributed by atoms with E-state index in [0.717, 1.165) is 11.4 Å². The van der Waals surface area contributed by atoms with E-state index >= 15 is 0 Å². The number of thiol groups is 1. The van der Waals surface area contributed by atoms with Crippen LogP contribution in [0, 0.1) is 6.92 Å². The van der Waals surface area contributed by atoms with Crippen LogP contribution in [0.1, 0.15) is 10.6 Å². The van der Waals surface area contributed by atoms with Crippen molar-refractivity contribution in [2.75, 3.05) is 0 Å². The van der Waals surface area contributed by atoms with Gasteiger partial charge in [-0.15, -0.1) is 0 Å². The Kier molecular flexibility index (Phi) is 1.91. The molecule has 0 atom stereocenters. The average molecular weight is 145 g/mol. The zero-order valence-electron chi connectivity index (χ0n) is 4.59. The largest absolute Gasteiger partial charge is 0.198 e. The van der Waals surface area contributed by atoms with Crippen LogP contribution in [0.3, 0.4) is 0 Å². The van der Waals surface area contributed by atoms with Crippen molar-refractivity contribution in [1.82, 2.24) is 4.37 Å². The fraction of sp³-hybridized carbons (Fsp3) is 0.400. The lowest BCUT2D eigenvalue weighted by atomic mass is 10.4. The van der Waals surface area contributed by atoms with Crippen molar-refractivity contribution in [2.24, 2.45) is 0 Å². The van der Waals surface area contributed by atoms with Crippen LogP contribution >= 0.6 is 24.2 Å². The Balaban J connectivity index is 2.84. The first-order valence-corrected chi connectivity index (χ1v) is 3.76. The smallest absolute Gasteiger partial charge is 0.0514 e. The molecule has 1 nitrogen and oxygen atoms in total. The van der Waals surface area contributed by atoms with Gasteiger partial charge < -0.3 is 0 Å². The third-order valence-electron chi connectivity index (χ3n) is 0.833. The van der Waals surface area contributed by atoms with Crippen molar-refractivity contribution < 1.29 is 0 Å². The molecule has 0 aliphatic heterocycles. The lowest BCUT2D eigenvalue weighted by Gasteiger charge is -1.76. The zero-order chi connectivity index (χ0) is 5.98. The maximum absolute atomic E-state index is 4.09. The van der Waals surface area contributed by atoms with Gasteiger partial charge in [0.2, 0.25) is 0 Å². The predicted molar refractivity (Wildman–Crippen MR) is 39.5 cm³/mol. The molecule has 1 aromatic heterocycles. The average Bonchev–Trinajstić information content (AvgIpc) is 2.14. The highest BCUT2D eigenvalue weighted by Crippen LogP contribution is 2.10. The molecule has 0 saturated carbocycles. The first-order chi connectivity index (χ1) is 3.83. The molecule has 0 aliphatic carbocycles. The second-order valence-electron chi connectivity index (χ2n) is 1.59. The van der Waals surface area contributed by atoms with Gasteiger partial charge in [0.25, 0.3) is 0 Å². The van der Waals surface area contributed by atoms with Crippen LogP contribution < -0.4 is 0 Å². The molecule has 0 aromatic carbocycles. The molecule has 0 aliphatic rings. The van der Waals surface area contributed by atoms with E-state index in [1.54, 1.807) is 0 Å². The Labute approximate surface area is 58.3 Å². The van der Waals surface area contributed by atoms with Gasteiger partial charge in [0.15, 0.2) is 0 Å². The minimum absolute atomic E-state index is 0.811. The predicted octanol–water partition coefficient (Wildman–Crippen LogP) is 1.88.